The number of nitrogens with one attached hydrogen (secondary N) is 1. The van der Waals surface area contributed by atoms with Crippen LogP contribution in [0.3, 0.4) is 0 Å². The molecular formula is C28H33N3O4. The number of fused-ring (bicyclic) bond motifs is 1. The van der Waals surface area contributed by atoms with Crippen molar-refractivity contribution < 1.29 is 19.4 Å². The van der Waals surface area contributed by atoms with Crippen molar-refractivity contribution in [3.63, 3.8) is 0 Å². The number of rotatable bonds is 11. The van der Waals surface area contributed by atoms with Gasteiger partial charge in [-0.3, -0.25) is 4.79 Å². The Kier molecular flexibility index (Phi) is 9.07. The number of carbonyl (C=O) groups is 1. The number of hydrogen-bond donors (Lipinski definition) is 3. The Hall–Kier alpha value is -3.60. The smallest absolute Gasteiger partial charge is 0.262 e. The maximum absolute atomic E-state index is 12.4. The fraction of sp³-hybridized carbons (Fsp3) is 0.357. The molecule has 3 N–H and O–H groups in total. The number of aliphatic hydroxyl groups excluding tert-OH is 2. The summed E-state index contributed by atoms with van der Waals surface area (Å²) in [5.74, 6) is 0.425. The first-order valence-corrected chi connectivity index (χ1v) is 12.0. The number of benzene rings is 2. The highest BCUT2D eigenvalue weighted by Crippen LogP contribution is 2.31. The summed E-state index contributed by atoms with van der Waals surface area (Å²) in [5.41, 5.74) is 2.42. The van der Waals surface area contributed by atoms with E-state index < -0.39 is 18.6 Å². The fourth-order valence-electron chi connectivity index (χ4n) is 3.98. The number of amides is 1. The maximum Gasteiger partial charge on any atom is 0.262 e. The molecular weight excluding hydrogens is 442 g/mol. The monoisotopic (exact) mass is 475 g/mol. The molecule has 184 valence electrons. The molecule has 0 fully saturated rings. The van der Waals surface area contributed by atoms with Crippen molar-refractivity contribution in [3.05, 3.63) is 59.9 Å². The molecule has 0 aliphatic heterocycles. The zero-order chi connectivity index (χ0) is 25.4. The molecule has 0 saturated carbocycles. The van der Waals surface area contributed by atoms with Gasteiger partial charge < -0.3 is 24.8 Å². The van der Waals surface area contributed by atoms with Crippen LogP contribution in [-0.2, 0) is 4.79 Å². The highest BCUT2D eigenvalue weighted by atomic mass is 16.3. The molecule has 0 saturated heterocycles. The predicted octanol–water partition coefficient (Wildman–Crippen LogP) is 4.49. The normalized spacial score (nSPS) is 12.7. The molecule has 1 amide bonds. The van der Waals surface area contributed by atoms with Crippen molar-refractivity contribution in [2.24, 2.45) is 0 Å². The molecule has 3 aromatic rings. The molecule has 0 radical (unpaired) electrons. The number of allylic oxidation sites excluding steroid dienone is 1. The Labute approximate surface area is 206 Å². The molecule has 1 heterocycles. The van der Waals surface area contributed by atoms with Gasteiger partial charge in [0.05, 0.1) is 12.7 Å². The van der Waals surface area contributed by atoms with Gasteiger partial charge in [-0.1, -0.05) is 32.0 Å². The van der Waals surface area contributed by atoms with Crippen LogP contribution in [0.4, 0.5) is 5.69 Å². The minimum Gasteiger partial charge on any atom is -0.456 e. The van der Waals surface area contributed by atoms with Crippen molar-refractivity contribution in [2.45, 2.75) is 39.7 Å². The summed E-state index contributed by atoms with van der Waals surface area (Å²) in [5, 5.41) is 32.5. The lowest BCUT2D eigenvalue weighted by Crippen LogP contribution is -2.34. The van der Waals surface area contributed by atoms with Crippen LogP contribution in [0.25, 0.3) is 27.7 Å². The molecule has 0 aliphatic carbocycles. The van der Waals surface area contributed by atoms with E-state index in [9.17, 15) is 15.2 Å². The third-order valence-electron chi connectivity index (χ3n) is 5.86. The van der Waals surface area contributed by atoms with E-state index in [0.717, 1.165) is 42.3 Å². The van der Waals surface area contributed by atoms with Crippen LogP contribution < -0.4 is 10.2 Å². The van der Waals surface area contributed by atoms with Crippen LogP contribution in [0.15, 0.2) is 58.5 Å². The van der Waals surface area contributed by atoms with E-state index in [-0.39, 0.29) is 12.1 Å². The number of aliphatic hydroxyl groups is 2. The molecule has 35 heavy (non-hydrogen) atoms. The van der Waals surface area contributed by atoms with Gasteiger partial charge in [0.25, 0.3) is 5.91 Å². The van der Waals surface area contributed by atoms with Gasteiger partial charge in [-0.15, -0.1) is 0 Å². The van der Waals surface area contributed by atoms with E-state index in [0.29, 0.717) is 17.1 Å². The lowest BCUT2D eigenvalue weighted by Gasteiger charge is -2.24. The molecule has 2 aromatic carbocycles. The molecule has 0 aliphatic rings. The molecule has 1 aromatic heterocycles. The van der Waals surface area contributed by atoms with Gasteiger partial charge in [0.2, 0.25) is 0 Å². The van der Waals surface area contributed by atoms with E-state index in [1.807, 2.05) is 18.2 Å². The van der Waals surface area contributed by atoms with Crippen LogP contribution in [0, 0.1) is 11.3 Å². The average Bonchev–Trinajstić information content (AvgIpc) is 3.37. The van der Waals surface area contributed by atoms with Crippen LogP contribution in [0.1, 0.15) is 39.4 Å². The van der Waals surface area contributed by atoms with E-state index in [1.54, 1.807) is 13.0 Å². The Morgan fingerprint density at radius 3 is 2.43 bits per heavy atom. The molecule has 0 spiro atoms. The van der Waals surface area contributed by atoms with Gasteiger partial charge in [-0.2, -0.15) is 5.26 Å². The summed E-state index contributed by atoms with van der Waals surface area (Å²) in [6.45, 7) is 7.47. The average molecular weight is 476 g/mol. The van der Waals surface area contributed by atoms with Crippen molar-refractivity contribution in [3.8, 4) is 17.4 Å². The number of nitriles is 1. The SMILES string of the molecule is CCCN(CCC)c1ccc2cc(-c3ccc(/C(C)=C(\C#N)C(=O)NCC(O)CO)o3)ccc2c1. The molecule has 7 nitrogen and oxygen atoms in total. The second kappa shape index (κ2) is 12.2. The molecule has 3 rings (SSSR count). The van der Waals surface area contributed by atoms with E-state index in [1.165, 1.54) is 5.69 Å². The quantitative estimate of drug-likeness (QED) is 0.278. The first-order chi connectivity index (χ1) is 16.9. The minimum atomic E-state index is -1.08. The molecule has 1 atom stereocenters. The summed E-state index contributed by atoms with van der Waals surface area (Å²) in [4.78, 5) is 14.8. The van der Waals surface area contributed by atoms with Crippen molar-refractivity contribution in [1.29, 1.82) is 5.26 Å². The Bertz CT molecular complexity index is 1230. The number of hydrogen-bond acceptors (Lipinski definition) is 6. The number of furan rings is 1. The van der Waals surface area contributed by atoms with E-state index in [2.05, 4.69) is 54.4 Å². The lowest BCUT2D eigenvalue weighted by atomic mass is 10.0. The third kappa shape index (κ3) is 6.30. The van der Waals surface area contributed by atoms with Crippen LogP contribution in [0.2, 0.25) is 0 Å². The first-order valence-electron chi connectivity index (χ1n) is 12.0. The fourth-order valence-corrected chi connectivity index (χ4v) is 3.98. The minimum absolute atomic E-state index is 0.106. The summed E-state index contributed by atoms with van der Waals surface area (Å²) >= 11 is 0. The van der Waals surface area contributed by atoms with Gasteiger partial charge in [0.15, 0.2) is 0 Å². The topological polar surface area (TPSA) is 110 Å². The highest BCUT2D eigenvalue weighted by Gasteiger charge is 2.17. The second-order valence-electron chi connectivity index (χ2n) is 8.56. The molecule has 0 bridgehead atoms. The van der Waals surface area contributed by atoms with Gasteiger partial charge in [-0.05, 0) is 60.9 Å². The van der Waals surface area contributed by atoms with Gasteiger partial charge >= 0.3 is 0 Å². The van der Waals surface area contributed by atoms with E-state index in [4.69, 9.17) is 9.52 Å². The number of nitrogens with zero attached hydrogens (tertiary/aromatic N) is 2. The summed E-state index contributed by atoms with van der Waals surface area (Å²) in [6.07, 6.45) is 1.12. The Morgan fingerprint density at radius 2 is 1.77 bits per heavy atom. The predicted molar refractivity (Wildman–Crippen MR) is 139 cm³/mol. The van der Waals surface area contributed by atoms with Gasteiger partial charge in [0.1, 0.15) is 23.2 Å². The van der Waals surface area contributed by atoms with Crippen LogP contribution in [-0.4, -0.2) is 48.5 Å². The highest BCUT2D eigenvalue weighted by molar-refractivity contribution is 6.04. The maximum atomic E-state index is 12.4. The Balaban J connectivity index is 1.85. The zero-order valence-corrected chi connectivity index (χ0v) is 20.5. The molecule has 1 unspecified atom stereocenters. The van der Waals surface area contributed by atoms with Crippen LogP contribution in [0.5, 0.6) is 0 Å². The van der Waals surface area contributed by atoms with Crippen LogP contribution >= 0.6 is 0 Å². The van der Waals surface area contributed by atoms with Gasteiger partial charge in [-0.25, -0.2) is 0 Å². The van der Waals surface area contributed by atoms with Crippen molar-refractivity contribution in [2.75, 3.05) is 31.1 Å². The van der Waals surface area contributed by atoms with Crippen molar-refractivity contribution in [1.82, 2.24) is 5.32 Å². The lowest BCUT2D eigenvalue weighted by molar-refractivity contribution is -0.117. The zero-order valence-electron chi connectivity index (χ0n) is 20.5. The summed E-state index contributed by atoms with van der Waals surface area (Å²) in [6, 6.07) is 18.1. The summed E-state index contributed by atoms with van der Waals surface area (Å²) < 4.78 is 6.00. The second-order valence-corrected chi connectivity index (χ2v) is 8.56. The molecule has 7 heteroatoms. The largest absolute Gasteiger partial charge is 0.456 e. The summed E-state index contributed by atoms with van der Waals surface area (Å²) in [7, 11) is 0. The van der Waals surface area contributed by atoms with Gasteiger partial charge in [0, 0.05) is 36.5 Å². The number of anilines is 1. The standard InChI is InChI=1S/C28H33N3O4/c1-4-12-31(13-5-2)23-9-8-20-14-22(7-6-21(20)15-23)27-11-10-26(35-27)19(3)25(16-29)28(34)30-17-24(33)18-32/h6-11,14-15,24,32-33H,4-5,12-13,17-18H2,1-3H3,(H,30,34)/b25-19+. The number of carbonyl (C=O) groups excluding carboxylic acids is 1. The third-order valence-corrected chi connectivity index (χ3v) is 5.86. The first kappa shape index (κ1) is 26.0. The Morgan fingerprint density at radius 1 is 1.09 bits per heavy atom. The van der Waals surface area contributed by atoms with Crippen molar-refractivity contribution >= 4 is 27.9 Å². The van der Waals surface area contributed by atoms with E-state index >= 15 is 0 Å².